The average molecular weight is 523 g/mol. The molecule has 0 saturated heterocycles. The number of nitrogens with two attached hydrogens (primary N) is 1. The van der Waals surface area contributed by atoms with Crippen molar-refractivity contribution in [3.05, 3.63) is 59.3 Å². The number of amidine groups is 1. The molecule has 37 heavy (non-hydrogen) atoms. The van der Waals surface area contributed by atoms with Crippen LogP contribution in [0.25, 0.3) is 11.0 Å². The van der Waals surface area contributed by atoms with Crippen LogP contribution in [0.5, 0.6) is 5.88 Å². The smallest absolute Gasteiger partial charge is 0.239 e. The van der Waals surface area contributed by atoms with Gasteiger partial charge in [-0.3, -0.25) is 9.78 Å². The van der Waals surface area contributed by atoms with Crippen molar-refractivity contribution < 1.29 is 18.3 Å². The Kier molecular flexibility index (Phi) is 6.23. The molecule has 5 rings (SSSR count). The summed E-state index contributed by atoms with van der Waals surface area (Å²) in [5.41, 5.74) is 6.97. The van der Waals surface area contributed by atoms with E-state index in [2.05, 4.69) is 25.9 Å². The van der Waals surface area contributed by atoms with Crippen molar-refractivity contribution in [2.24, 2.45) is 16.6 Å². The van der Waals surface area contributed by atoms with Gasteiger partial charge in [-0.15, -0.1) is 6.42 Å². The number of alkyl halides is 1. The van der Waals surface area contributed by atoms with Gasteiger partial charge in [0, 0.05) is 38.2 Å². The minimum atomic E-state index is -1.59. The second-order valence-electron chi connectivity index (χ2n) is 9.27. The van der Waals surface area contributed by atoms with Gasteiger partial charge in [0.1, 0.15) is 28.3 Å². The first kappa shape index (κ1) is 24.9. The molecular weight excluding hydrogens is 498 g/mol. The summed E-state index contributed by atoms with van der Waals surface area (Å²) in [6.45, 7) is -0.916. The monoisotopic (exact) mass is 522 g/mol. The molecule has 2 N–H and O–H groups in total. The standard InChI is InChI=1S/C26H24F2N6O2S/c1-4-9-36-21-13-31-22-18(32-21)7-8-30-19(22)11-15-5-6-17(28)16(10-15)25(14-27)20-12-26(20,23(35)34(2)3)37-24(29)33-25/h1,5-8,10,13,20H,9,11-12,14H2,2-3H3,(H2,29,33)/t20-,25+,26-/m0/s1. The summed E-state index contributed by atoms with van der Waals surface area (Å²) in [5, 5.41) is 0.0697. The number of amides is 1. The van der Waals surface area contributed by atoms with Gasteiger partial charge < -0.3 is 15.4 Å². The number of aliphatic imine (C=N–C) groups is 1. The lowest BCUT2D eigenvalue weighted by Crippen LogP contribution is -2.46. The van der Waals surface area contributed by atoms with Gasteiger partial charge in [0.25, 0.3) is 0 Å². The zero-order valence-electron chi connectivity index (χ0n) is 20.2. The highest BCUT2D eigenvalue weighted by Gasteiger charge is 2.72. The maximum absolute atomic E-state index is 15.3. The molecule has 11 heteroatoms. The Bertz CT molecular complexity index is 1480. The number of carbonyl (C=O) groups is 1. The summed E-state index contributed by atoms with van der Waals surface area (Å²) in [7, 11) is 3.27. The van der Waals surface area contributed by atoms with E-state index >= 15 is 4.39 Å². The van der Waals surface area contributed by atoms with Gasteiger partial charge in [0.15, 0.2) is 11.8 Å². The third kappa shape index (κ3) is 4.15. The molecule has 3 aromatic rings. The van der Waals surface area contributed by atoms with Crippen molar-refractivity contribution in [1.82, 2.24) is 19.9 Å². The van der Waals surface area contributed by atoms with E-state index in [1.54, 1.807) is 38.5 Å². The van der Waals surface area contributed by atoms with Crippen molar-refractivity contribution in [2.45, 2.75) is 23.1 Å². The van der Waals surface area contributed by atoms with Crippen LogP contribution < -0.4 is 10.5 Å². The highest BCUT2D eigenvalue weighted by molar-refractivity contribution is 8.15. The minimum absolute atomic E-state index is 0.0697. The first-order valence-electron chi connectivity index (χ1n) is 11.5. The third-order valence-corrected chi connectivity index (χ3v) is 8.03. The number of fused-ring (bicyclic) bond motifs is 2. The van der Waals surface area contributed by atoms with Crippen LogP contribution >= 0.6 is 11.8 Å². The number of carbonyl (C=O) groups excluding carboxylic acids is 1. The van der Waals surface area contributed by atoms with E-state index in [1.807, 2.05) is 0 Å². The van der Waals surface area contributed by atoms with Gasteiger partial charge in [-0.05, 0) is 30.2 Å². The number of terminal acetylenes is 1. The molecule has 1 aliphatic heterocycles. The summed E-state index contributed by atoms with van der Waals surface area (Å²) in [4.78, 5) is 32.1. The summed E-state index contributed by atoms with van der Waals surface area (Å²) in [6.07, 6.45) is 8.93. The van der Waals surface area contributed by atoms with E-state index < -0.39 is 28.7 Å². The second kappa shape index (κ2) is 9.27. The normalized spacial score (nSPS) is 24.1. The minimum Gasteiger partial charge on any atom is -0.463 e. The van der Waals surface area contributed by atoms with Crippen LogP contribution in [0.1, 0.15) is 23.2 Å². The average Bonchev–Trinajstić information content (AvgIpc) is 3.63. The van der Waals surface area contributed by atoms with E-state index in [0.29, 0.717) is 34.6 Å². The fraction of sp³-hybridized carbons (Fsp3) is 0.346. The number of nitrogens with zero attached hydrogens (tertiary/aromatic N) is 5. The van der Waals surface area contributed by atoms with Crippen LogP contribution in [0, 0.1) is 24.1 Å². The molecule has 0 radical (unpaired) electrons. The molecule has 2 aliphatic rings. The van der Waals surface area contributed by atoms with Gasteiger partial charge in [0.05, 0.1) is 17.4 Å². The van der Waals surface area contributed by atoms with Gasteiger partial charge in [-0.1, -0.05) is 23.7 Å². The first-order chi connectivity index (χ1) is 17.7. The second-order valence-corrected chi connectivity index (χ2v) is 10.6. The number of ether oxygens (including phenoxy) is 1. The van der Waals surface area contributed by atoms with Crippen LogP contribution in [-0.2, 0) is 16.8 Å². The van der Waals surface area contributed by atoms with E-state index in [1.165, 1.54) is 17.2 Å². The molecule has 2 aromatic heterocycles. The largest absolute Gasteiger partial charge is 0.463 e. The fourth-order valence-electron chi connectivity index (χ4n) is 5.00. The summed E-state index contributed by atoms with van der Waals surface area (Å²) in [6, 6.07) is 6.19. The fourth-order valence-corrected chi connectivity index (χ4v) is 6.44. The van der Waals surface area contributed by atoms with E-state index in [0.717, 1.165) is 11.8 Å². The van der Waals surface area contributed by atoms with Crippen LogP contribution in [0.3, 0.4) is 0 Å². The van der Waals surface area contributed by atoms with Crippen molar-refractivity contribution in [3.8, 4) is 18.2 Å². The third-order valence-electron chi connectivity index (χ3n) is 6.74. The lowest BCUT2D eigenvalue weighted by molar-refractivity contribution is -0.129. The molecule has 8 nitrogen and oxygen atoms in total. The number of benzene rings is 1. The Labute approximate surface area is 216 Å². The van der Waals surface area contributed by atoms with Gasteiger partial charge in [-0.2, -0.15) is 0 Å². The highest BCUT2D eigenvalue weighted by Crippen LogP contribution is 2.66. The molecule has 0 bridgehead atoms. The van der Waals surface area contributed by atoms with Gasteiger partial charge in [0.2, 0.25) is 11.8 Å². The number of rotatable bonds is 7. The molecule has 0 spiro atoms. The number of hydrogen-bond donors (Lipinski definition) is 1. The van der Waals surface area contributed by atoms with Gasteiger partial charge >= 0.3 is 0 Å². The van der Waals surface area contributed by atoms with Crippen molar-refractivity contribution in [3.63, 3.8) is 0 Å². The number of aromatic nitrogens is 3. The molecule has 3 atom stereocenters. The van der Waals surface area contributed by atoms with Crippen LogP contribution in [-0.4, -0.2) is 63.1 Å². The maximum atomic E-state index is 15.3. The van der Waals surface area contributed by atoms with E-state index in [9.17, 15) is 9.18 Å². The maximum Gasteiger partial charge on any atom is 0.239 e. The molecule has 1 aliphatic carbocycles. The molecular formula is C26H24F2N6O2S. The molecule has 1 fully saturated rings. The molecule has 1 aromatic carbocycles. The first-order valence-corrected chi connectivity index (χ1v) is 12.3. The zero-order valence-corrected chi connectivity index (χ0v) is 21.1. The Morgan fingerprint density at radius 1 is 1.35 bits per heavy atom. The Morgan fingerprint density at radius 2 is 2.16 bits per heavy atom. The zero-order chi connectivity index (χ0) is 26.4. The SMILES string of the molecule is C#CCOc1cnc2c(Cc3ccc(F)c([C@@]4(CF)N=C(N)S[C@@]5(C(=O)N(C)C)C[C@H]54)c3)nccc2n1. The number of hydrogen-bond acceptors (Lipinski definition) is 8. The molecule has 1 amide bonds. The Hall–Kier alpha value is -3.78. The summed E-state index contributed by atoms with van der Waals surface area (Å²) >= 11 is 1.13. The molecule has 190 valence electrons. The van der Waals surface area contributed by atoms with Gasteiger partial charge in [-0.25, -0.2) is 23.7 Å². The van der Waals surface area contributed by atoms with E-state index in [4.69, 9.17) is 16.9 Å². The van der Waals surface area contributed by atoms with Crippen molar-refractivity contribution in [2.75, 3.05) is 27.4 Å². The van der Waals surface area contributed by atoms with E-state index in [-0.39, 0.29) is 29.7 Å². The molecule has 1 saturated carbocycles. The lowest BCUT2D eigenvalue weighted by atomic mass is 9.83. The quantitative estimate of drug-likeness (QED) is 0.476. The van der Waals surface area contributed by atoms with Crippen LogP contribution in [0.2, 0.25) is 0 Å². The van der Waals surface area contributed by atoms with Crippen LogP contribution in [0.15, 0.2) is 41.7 Å². The highest BCUT2D eigenvalue weighted by atomic mass is 32.2. The van der Waals surface area contributed by atoms with Crippen molar-refractivity contribution >= 4 is 33.9 Å². The number of thioether (sulfide) groups is 1. The topological polar surface area (TPSA) is 107 Å². The molecule has 0 unspecified atom stereocenters. The molecule has 3 heterocycles. The summed E-state index contributed by atoms with van der Waals surface area (Å²) in [5.74, 6) is 1.36. The lowest BCUT2D eigenvalue weighted by Gasteiger charge is -2.35. The van der Waals surface area contributed by atoms with Crippen molar-refractivity contribution in [1.29, 1.82) is 0 Å². The Balaban J connectivity index is 1.52. The predicted molar refractivity (Wildman–Crippen MR) is 137 cm³/mol. The predicted octanol–water partition coefficient (Wildman–Crippen LogP) is 2.84. The summed E-state index contributed by atoms with van der Waals surface area (Å²) < 4.78 is 34.5. The number of halogens is 2. The Morgan fingerprint density at radius 3 is 2.89 bits per heavy atom. The van der Waals surface area contributed by atoms with Crippen LogP contribution in [0.4, 0.5) is 8.78 Å². The number of pyridine rings is 1.